The van der Waals surface area contributed by atoms with Gasteiger partial charge in [-0.2, -0.15) is 0 Å². The Balaban J connectivity index is 3.05. The van der Waals surface area contributed by atoms with Crippen molar-refractivity contribution in [2.24, 2.45) is 0 Å². The maximum absolute atomic E-state index is 11.1. The molecule has 0 saturated heterocycles. The Morgan fingerprint density at radius 1 is 1.57 bits per heavy atom. The first-order valence-corrected chi connectivity index (χ1v) is 3.80. The van der Waals surface area contributed by atoms with Gasteiger partial charge in [0.25, 0.3) is 0 Å². The van der Waals surface area contributed by atoms with Crippen molar-refractivity contribution in [3.63, 3.8) is 0 Å². The molecule has 0 spiro atoms. The second-order valence-corrected chi connectivity index (χ2v) is 2.49. The zero-order chi connectivity index (χ0) is 10.6. The van der Waals surface area contributed by atoms with E-state index in [1.54, 1.807) is 0 Å². The highest BCUT2D eigenvalue weighted by atomic mass is 16.5. The summed E-state index contributed by atoms with van der Waals surface area (Å²) in [7, 11) is 1.25. The molecule has 0 atom stereocenters. The van der Waals surface area contributed by atoms with Crippen LogP contribution in [0.15, 0.2) is 18.2 Å². The second kappa shape index (κ2) is 4.27. The molecule has 0 unspecified atom stereocenters. The predicted molar refractivity (Wildman–Crippen MR) is 49.1 cm³/mol. The molecular weight excluding hydrogens is 186 g/mol. The van der Waals surface area contributed by atoms with Gasteiger partial charge in [0, 0.05) is 0 Å². The molecule has 0 aliphatic heterocycles. The molecule has 2 N–H and O–H groups in total. The van der Waals surface area contributed by atoms with Gasteiger partial charge in [-0.3, -0.25) is 4.79 Å². The number of carbonyl (C=O) groups is 2. The van der Waals surface area contributed by atoms with Gasteiger partial charge in [-0.25, -0.2) is 4.79 Å². The van der Waals surface area contributed by atoms with E-state index in [9.17, 15) is 14.7 Å². The summed E-state index contributed by atoms with van der Waals surface area (Å²) < 4.78 is 4.47. The number of aromatic hydroxyl groups is 1. The van der Waals surface area contributed by atoms with E-state index in [1.165, 1.54) is 25.3 Å². The number of methoxy groups -OCH3 is 1. The van der Waals surface area contributed by atoms with Crippen LogP contribution in [-0.4, -0.2) is 24.6 Å². The Bertz CT molecular complexity index is 362. The molecule has 0 aliphatic rings. The zero-order valence-corrected chi connectivity index (χ0v) is 7.48. The number of benzene rings is 1. The van der Waals surface area contributed by atoms with Crippen molar-refractivity contribution < 1.29 is 19.4 Å². The molecule has 1 rings (SSSR count). The topological polar surface area (TPSA) is 75.6 Å². The Kier molecular flexibility index (Phi) is 3.06. The fraction of sp³-hybridized carbons (Fsp3) is 0.111. The normalized spacial score (nSPS) is 9.21. The van der Waals surface area contributed by atoms with Gasteiger partial charge in [0.2, 0.25) is 6.41 Å². The molecule has 0 saturated carbocycles. The number of phenolic OH excluding ortho intramolecular Hbond substituents is 1. The Labute approximate surface area is 80.3 Å². The second-order valence-electron chi connectivity index (χ2n) is 2.49. The summed E-state index contributed by atoms with van der Waals surface area (Å²) in [6, 6.07) is 4.03. The molecule has 1 amide bonds. The third kappa shape index (κ3) is 2.01. The average Bonchev–Trinajstić information content (AvgIpc) is 2.20. The van der Waals surface area contributed by atoms with E-state index in [2.05, 4.69) is 10.1 Å². The third-order valence-corrected chi connectivity index (χ3v) is 1.63. The van der Waals surface area contributed by atoms with Crippen molar-refractivity contribution >= 4 is 18.1 Å². The van der Waals surface area contributed by atoms with Crippen molar-refractivity contribution in [3.05, 3.63) is 23.8 Å². The van der Waals surface area contributed by atoms with Gasteiger partial charge in [0.1, 0.15) is 5.75 Å². The molecule has 0 fully saturated rings. The molecule has 0 aliphatic carbocycles. The third-order valence-electron chi connectivity index (χ3n) is 1.63. The van der Waals surface area contributed by atoms with Crippen LogP contribution < -0.4 is 5.32 Å². The largest absolute Gasteiger partial charge is 0.506 e. The van der Waals surface area contributed by atoms with E-state index in [1.807, 2.05) is 0 Å². The van der Waals surface area contributed by atoms with Gasteiger partial charge in [-0.1, -0.05) is 0 Å². The van der Waals surface area contributed by atoms with Gasteiger partial charge < -0.3 is 15.2 Å². The van der Waals surface area contributed by atoms with Crippen molar-refractivity contribution in [3.8, 4) is 5.75 Å². The molecule has 0 heterocycles. The van der Waals surface area contributed by atoms with Crippen LogP contribution >= 0.6 is 0 Å². The summed E-state index contributed by atoms with van der Waals surface area (Å²) in [4.78, 5) is 21.2. The van der Waals surface area contributed by atoms with Crippen molar-refractivity contribution in [2.75, 3.05) is 12.4 Å². The molecule has 0 aromatic heterocycles. The van der Waals surface area contributed by atoms with E-state index in [0.29, 0.717) is 6.41 Å². The minimum absolute atomic E-state index is 0.107. The van der Waals surface area contributed by atoms with E-state index in [4.69, 9.17) is 0 Å². The number of carbonyl (C=O) groups excluding carboxylic acids is 2. The number of hydrogen-bond donors (Lipinski definition) is 2. The maximum Gasteiger partial charge on any atom is 0.337 e. The number of amides is 1. The summed E-state index contributed by atoms with van der Waals surface area (Å²) in [6.45, 7) is 0. The number of ether oxygens (including phenoxy) is 1. The summed E-state index contributed by atoms with van der Waals surface area (Å²) in [5.41, 5.74) is 0.428. The predicted octanol–water partition coefficient (Wildman–Crippen LogP) is 0.747. The van der Waals surface area contributed by atoms with E-state index in [0.717, 1.165) is 0 Å². The molecule has 74 valence electrons. The SMILES string of the molecule is COC(=O)c1ccc(O)c(NC=O)c1. The molecule has 5 heteroatoms. The minimum Gasteiger partial charge on any atom is -0.506 e. The first-order valence-electron chi connectivity index (χ1n) is 3.80. The fourth-order valence-corrected chi connectivity index (χ4v) is 0.960. The van der Waals surface area contributed by atoms with E-state index < -0.39 is 5.97 Å². The Hall–Kier alpha value is -2.04. The number of phenols is 1. The smallest absolute Gasteiger partial charge is 0.337 e. The molecule has 5 nitrogen and oxygen atoms in total. The standard InChI is InChI=1S/C9H9NO4/c1-14-9(13)6-2-3-8(12)7(4-6)10-5-11/h2-5,12H,1H3,(H,10,11). The first kappa shape index (κ1) is 10.0. The number of esters is 1. The zero-order valence-electron chi connectivity index (χ0n) is 7.48. The van der Waals surface area contributed by atoms with Gasteiger partial charge in [-0.05, 0) is 18.2 Å². The molecule has 1 aromatic carbocycles. The Morgan fingerprint density at radius 3 is 2.86 bits per heavy atom. The van der Waals surface area contributed by atoms with Crippen molar-refractivity contribution in [1.82, 2.24) is 0 Å². The van der Waals surface area contributed by atoms with Crippen LogP contribution in [0.3, 0.4) is 0 Å². The highest BCUT2D eigenvalue weighted by Crippen LogP contribution is 2.23. The fourth-order valence-electron chi connectivity index (χ4n) is 0.960. The van der Waals surface area contributed by atoms with Gasteiger partial charge in [0.15, 0.2) is 0 Å². The van der Waals surface area contributed by atoms with E-state index >= 15 is 0 Å². The number of nitrogens with one attached hydrogen (secondary N) is 1. The highest BCUT2D eigenvalue weighted by molar-refractivity contribution is 5.92. The lowest BCUT2D eigenvalue weighted by Crippen LogP contribution is -2.02. The van der Waals surface area contributed by atoms with Gasteiger partial charge in [-0.15, -0.1) is 0 Å². The summed E-state index contributed by atoms with van der Waals surface area (Å²) in [6.07, 6.45) is 0.413. The molecule has 0 radical (unpaired) electrons. The molecule has 0 bridgehead atoms. The number of anilines is 1. The number of hydrogen-bond acceptors (Lipinski definition) is 4. The van der Waals surface area contributed by atoms with Crippen LogP contribution in [0.1, 0.15) is 10.4 Å². The molecular formula is C9H9NO4. The van der Waals surface area contributed by atoms with Crippen LogP contribution in [-0.2, 0) is 9.53 Å². The molecule has 14 heavy (non-hydrogen) atoms. The first-order chi connectivity index (χ1) is 6.69. The van der Waals surface area contributed by atoms with Crippen LogP contribution in [0.5, 0.6) is 5.75 Å². The van der Waals surface area contributed by atoms with Gasteiger partial charge >= 0.3 is 5.97 Å². The summed E-state index contributed by atoms with van der Waals surface area (Å²) in [5.74, 6) is -0.635. The van der Waals surface area contributed by atoms with Crippen molar-refractivity contribution in [1.29, 1.82) is 0 Å². The highest BCUT2D eigenvalue weighted by Gasteiger charge is 2.08. The monoisotopic (exact) mass is 195 g/mol. The van der Waals surface area contributed by atoms with Crippen LogP contribution in [0.25, 0.3) is 0 Å². The average molecular weight is 195 g/mol. The van der Waals surface area contributed by atoms with Crippen LogP contribution in [0.4, 0.5) is 5.69 Å². The lowest BCUT2D eigenvalue weighted by atomic mass is 10.2. The number of rotatable bonds is 3. The minimum atomic E-state index is -0.529. The van der Waals surface area contributed by atoms with E-state index in [-0.39, 0.29) is 17.0 Å². The molecule has 1 aromatic rings. The maximum atomic E-state index is 11.1. The quantitative estimate of drug-likeness (QED) is 0.424. The van der Waals surface area contributed by atoms with Gasteiger partial charge in [0.05, 0.1) is 18.4 Å². The lowest BCUT2D eigenvalue weighted by Gasteiger charge is -2.04. The summed E-state index contributed by atoms with van der Waals surface area (Å²) in [5, 5.41) is 11.5. The Morgan fingerprint density at radius 2 is 2.29 bits per heavy atom. The summed E-state index contributed by atoms with van der Waals surface area (Å²) >= 11 is 0. The lowest BCUT2D eigenvalue weighted by molar-refractivity contribution is -0.105. The van der Waals surface area contributed by atoms with Crippen LogP contribution in [0.2, 0.25) is 0 Å². The van der Waals surface area contributed by atoms with Crippen LogP contribution in [0, 0.1) is 0 Å². The van der Waals surface area contributed by atoms with Crippen molar-refractivity contribution in [2.45, 2.75) is 0 Å².